The summed E-state index contributed by atoms with van der Waals surface area (Å²) in [5.41, 5.74) is 0.770. The fourth-order valence-electron chi connectivity index (χ4n) is 3.30. The number of benzene rings is 2. The standard InChI is InChI=1S/C22H22F4N4O/c1-14-19(12-28-30(14)18-9-5-7-16(11-18)22(24,25)26)21(31)27-13-20(29(2)3)15-6-4-8-17(23)10-15/h4-12,20H,13H2,1-3H3,(H,27,31). The molecule has 0 radical (unpaired) electrons. The molecule has 1 atom stereocenters. The Kier molecular flexibility index (Phi) is 6.45. The number of likely N-dealkylation sites (N-methyl/N-ethyl adjacent to an activating group) is 1. The number of alkyl halides is 3. The smallest absolute Gasteiger partial charge is 0.350 e. The molecule has 0 aliphatic carbocycles. The Labute approximate surface area is 177 Å². The van der Waals surface area contributed by atoms with Gasteiger partial charge in [-0.2, -0.15) is 18.3 Å². The first-order chi connectivity index (χ1) is 14.6. The highest BCUT2D eigenvalue weighted by atomic mass is 19.4. The molecule has 0 aliphatic heterocycles. The molecule has 5 nitrogen and oxygen atoms in total. The van der Waals surface area contributed by atoms with Crippen molar-refractivity contribution < 1.29 is 22.4 Å². The van der Waals surface area contributed by atoms with E-state index in [4.69, 9.17) is 0 Å². The summed E-state index contributed by atoms with van der Waals surface area (Å²) >= 11 is 0. The Morgan fingerprint density at radius 3 is 2.52 bits per heavy atom. The van der Waals surface area contributed by atoms with Crippen LogP contribution in [-0.2, 0) is 6.18 Å². The van der Waals surface area contributed by atoms with Crippen LogP contribution in [0.25, 0.3) is 5.69 Å². The third-order valence-corrected chi connectivity index (χ3v) is 4.99. The van der Waals surface area contributed by atoms with Crippen molar-refractivity contribution in [2.75, 3.05) is 20.6 Å². The molecule has 1 heterocycles. The van der Waals surface area contributed by atoms with Crippen LogP contribution < -0.4 is 5.32 Å². The minimum atomic E-state index is -4.48. The van der Waals surface area contributed by atoms with Gasteiger partial charge in [0.05, 0.1) is 34.7 Å². The maximum absolute atomic E-state index is 13.6. The van der Waals surface area contributed by atoms with E-state index in [0.717, 1.165) is 12.1 Å². The van der Waals surface area contributed by atoms with Gasteiger partial charge in [-0.05, 0) is 56.9 Å². The lowest BCUT2D eigenvalue weighted by Gasteiger charge is -2.25. The number of amides is 1. The van der Waals surface area contributed by atoms with Crippen molar-refractivity contribution in [2.45, 2.75) is 19.1 Å². The largest absolute Gasteiger partial charge is 0.416 e. The Balaban J connectivity index is 1.78. The molecule has 1 N–H and O–H groups in total. The summed E-state index contributed by atoms with van der Waals surface area (Å²) in [6.07, 6.45) is -3.16. The topological polar surface area (TPSA) is 50.2 Å². The second-order valence-corrected chi connectivity index (χ2v) is 7.35. The van der Waals surface area contributed by atoms with Gasteiger partial charge in [0.1, 0.15) is 5.82 Å². The summed E-state index contributed by atoms with van der Waals surface area (Å²) in [6, 6.07) is 10.6. The summed E-state index contributed by atoms with van der Waals surface area (Å²) in [5, 5.41) is 6.89. The van der Waals surface area contributed by atoms with Crippen LogP contribution in [0.4, 0.5) is 17.6 Å². The molecule has 1 aromatic heterocycles. The van der Waals surface area contributed by atoms with E-state index in [-0.39, 0.29) is 29.7 Å². The van der Waals surface area contributed by atoms with Crippen molar-refractivity contribution in [3.63, 3.8) is 0 Å². The normalized spacial score (nSPS) is 12.8. The molecule has 0 saturated heterocycles. The number of hydrogen-bond donors (Lipinski definition) is 1. The fourth-order valence-corrected chi connectivity index (χ4v) is 3.30. The van der Waals surface area contributed by atoms with Crippen LogP contribution in [0.3, 0.4) is 0 Å². The molecule has 31 heavy (non-hydrogen) atoms. The first-order valence-corrected chi connectivity index (χ1v) is 9.50. The molecular weight excluding hydrogens is 412 g/mol. The predicted molar refractivity (Wildman–Crippen MR) is 108 cm³/mol. The summed E-state index contributed by atoms with van der Waals surface area (Å²) in [6.45, 7) is 1.82. The number of carbonyl (C=O) groups excluding carboxylic acids is 1. The van der Waals surface area contributed by atoms with Gasteiger partial charge >= 0.3 is 6.18 Å². The Morgan fingerprint density at radius 1 is 1.16 bits per heavy atom. The lowest BCUT2D eigenvalue weighted by atomic mass is 10.1. The molecule has 0 spiro atoms. The molecule has 0 aliphatic rings. The van der Waals surface area contributed by atoms with Crippen molar-refractivity contribution in [1.29, 1.82) is 0 Å². The predicted octanol–water partition coefficient (Wildman–Crippen LogP) is 4.37. The minimum Gasteiger partial charge on any atom is -0.350 e. The Hall–Kier alpha value is -3.20. The quantitative estimate of drug-likeness (QED) is 0.586. The van der Waals surface area contributed by atoms with Gasteiger partial charge < -0.3 is 10.2 Å². The number of carbonyl (C=O) groups is 1. The lowest BCUT2D eigenvalue weighted by Crippen LogP contribution is -2.34. The van der Waals surface area contributed by atoms with Crippen LogP contribution in [0.1, 0.15) is 33.2 Å². The first-order valence-electron chi connectivity index (χ1n) is 9.50. The SMILES string of the molecule is Cc1c(C(=O)NCC(c2cccc(F)c2)N(C)C)cnn1-c1cccc(C(F)(F)F)c1. The number of nitrogens with zero attached hydrogens (tertiary/aromatic N) is 3. The zero-order chi connectivity index (χ0) is 22.8. The third-order valence-electron chi connectivity index (χ3n) is 4.99. The number of aromatic nitrogens is 2. The van der Waals surface area contributed by atoms with Crippen LogP contribution in [0.5, 0.6) is 0 Å². The van der Waals surface area contributed by atoms with E-state index in [1.54, 1.807) is 19.1 Å². The molecule has 0 bridgehead atoms. The maximum atomic E-state index is 13.6. The second-order valence-electron chi connectivity index (χ2n) is 7.35. The number of halogens is 4. The van der Waals surface area contributed by atoms with Crippen LogP contribution >= 0.6 is 0 Å². The van der Waals surface area contributed by atoms with Crippen molar-refractivity contribution in [3.8, 4) is 5.69 Å². The van der Waals surface area contributed by atoms with E-state index >= 15 is 0 Å². The van der Waals surface area contributed by atoms with E-state index in [1.165, 1.54) is 35.1 Å². The second kappa shape index (κ2) is 8.89. The van der Waals surface area contributed by atoms with Crippen LogP contribution in [-0.4, -0.2) is 41.2 Å². The third kappa shape index (κ3) is 5.11. The highest BCUT2D eigenvalue weighted by molar-refractivity contribution is 5.95. The zero-order valence-electron chi connectivity index (χ0n) is 17.2. The van der Waals surface area contributed by atoms with E-state index < -0.39 is 17.6 Å². The fraction of sp³-hybridized carbons (Fsp3) is 0.273. The summed E-state index contributed by atoms with van der Waals surface area (Å²) in [5.74, 6) is -0.784. The maximum Gasteiger partial charge on any atom is 0.416 e. The van der Waals surface area contributed by atoms with E-state index in [2.05, 4.69) is 10.4 Å². The molecule has 1 amide bonds. The summed E-state index contributed by atoms with van der Waals surface area (Å²) in [7, 11) is 3.64. The molecular formula is C22H22F4N4O. The van der Waals surface area contributed by atoms with E-state index in [0.29, 0.717) is 11.3 Å². The summed E-state index contributed by atoms with van der Waals surface area (Å²) < 4.78 is 53.9. The van der Waals surface area contributed by atoms with Crippen LogP contribution in [0.15, 0.2) is 54.7 Å². The lowest BCUT2D eigenvalue weighted by molar-refractivity contribution is -0.137. The Morgan fingerprint density at radius 2 is 1.87 bits per heavy atom. The number of hydrogen-bond acceptors (Lipinski definition) is 3. The van der Waals surface area contributed by atoms with Gasteiger partial charge in [0.2, 0.25) is 0 Å². The minimum absolute atomic E-state index is 0.206. The Bertz CT molecular complexity index is 1080. The van der Waals surface area contributed by atoms with Gasteiger partial charge in [-0.25, -0.2) is 9.07 Å². The highest BCUT2D eigenvalue weighted by Crippen LogP contribution is 2.30. The highest BCUT2D eigenvalue weighted by Gasteiger charge is 2.30. The average Bonchev–Trinajstić information content (AvgIpc) is 3.09. The van der Waals surface area contributed by atoms with Crippen molar-refractivity contribution in [1.82, 2.24) is 20.0 Å². The van der Waals surface area contributed by atoms with Gasteiger partial charge in [0.15, 0.2) is 0 Å². The van der Waals surface area contributed by atoms with E-state index in [1.807, 2.05) is 19.0 Å². The van der Waals surface area contributed by atoms with Gasteiger partial charge in [0.25, 0.3) is 5.91 Å². The van der Waals surface area contributed by atoms with Crippen molar-refractivity contribution in [2.24, 2.45) is 0 Å². The van der Waals surface area contributed by atoms with Crippen LogP contribution in [0.2, 0.25) is 0 Å². The van der Waals surface area contributed by atoms with Gasteiger partial charge in [-0.15, -0.1) is 0 Å². The van der Waals surface area contributed by atoms with Crippen LogP contribution in [0, 0.1) is 12.7 Å². The molecule has 9 heteroatoms. The molecule has 1 unspecified atom stereocenters. The molecule has 0 saturated carbocycles. The molecule has 3 aromatic rings. The molecule has 164 valence electrons. The summed E-state index contributed by atoms with van der Waals surface area (Å²) in [4.78, 5) is 14.6. The number of nitrogens with one attached hydrogen (secondary N) is 1. The van der Waals surface area contributed by atoms with Gasteiger partial charge in [0, 0.05) is 6.54 Å². The molecule has 2 aromatic carbocycles. The monoisotopic (exact) mass is 434 g/mol. The van der Waals surface area contributed by atoms with Gasteiger partial charge in [-0.3, -0.25) is 4.79 Å². The van der Waals surface area contributed by atoms with Crippen molar-refractivity contribution >= 4 is 5.91 Å². The molecule has 0 fully saturated rings. The number of rotatable bonds is 6. The van der Waals surface area contributed by atoms with E-state index in [9.17, 15) is 22.4 Å². The molecule has 3 rings (SSSR count). The average molecular weight is 434 g/mol. The van der Waals surface area contributed by atoms with Crippen molar-refractivity contribution in [3.05, 3.63) is 82.9 Å². The first kappa shape index (κ1) is 22.5. The zero-order valence-corrected chi connectivity index (χ0v) is 17.2. The van der Waals surface area contributed by atoms with Gasteiger partial charge in [-0.1, -0.05) is 18.2 Å².